The molecular weight excluding hydrogens is 439 g/mol. The zero-order valence-corrected chi connectivity index (χ0v) is 18.1. The summed E-state index contributed by atoms with van der Waals surface area (Å²) in [4.78, 5) is 18.3. The molecule has 0 aromatic heterocycles. The molecule has 0 bridgehead atoms. The zero-order valence-electron chi connectivity index (χ0n) is 15.7. The molecule has 0 saturated carbocycles. The Morgan fingerprint density at radius 1 is 1.15 bits per heavy atom. The molecule has 1 aromatic carbocycles. The highest BCUT2D eigenvalue weighted by Gasteiger charge is 2.18. The molecule has 26 heavy (non-hydrogen) atoms. The van der Waals surface area contributed by atoms with Gasteiger partial charge in [-0.25, -0.2) is 4.99 Å². The van der Waals surface area contributed by atoms with Crippen LogP contribution in [0.4, 0.5) is 0 Å². The first kappa shape index (κ1) is 21.0. The third-order valence-corrected chi connectivity index (χ3v) is 5.00. The van der Waals surface area contributed by atoms with Crippen molar-refractivity contribution >= 4 is 35.8 Å². The van der Waals surface area contributed by atoms with Crippen LogP contribution in [0.2, 0.25) is 0 Å². The van der Waals surface area contributed by atoms with Crippen LogP contribution in [0.5, 0.6) is 0 Å². The van der Waals surface area contributed by atoms with Crippen LogP contribution in [0.3, 0.4) is 0 Å². The van der Waals surface area contributed by atoms with Gasteiger partial charge in [-0.2, -0.15) is 0 Å². The van der Waals surface area contributed by atoms with Gasteiger partial charge >= 0.3 is 0 Å². The number of halogens is 1. The Morgan fingerprint density at radius 2 is 2.00 bits per heavy atom. The molecule has 2 aliphatic rings. The fourth-order valence-corrected chi connectivity index (χ4v) is 3.65. The van der Waals surface area contributed by atoms with E-state index in [1.54, 1.807) is 0 Å². The van der Waals surface area contributed by atoms with E-state index in [0.717, 1.165) is 51.4 Å². The fraction of sp³-hybridized carbons (Fsp3) is 0.600. The number of amides is 1. The van der Waals surface area contributed by atoms with Crippen LogP contribution in [-0.2, 0) is 24.2 Å². The summed E-state index contributed by atoms with van der Waals surface area (Å²) in [5, 5.41) is 6.68. The lowest BCUT2D eigenvalue weighted by atomic mass is 10.1. The first-order valence-corrected chi connectivity index (χ1v) is 9.67. The Balaban J connectivity index is 0.00000243. The minimum absolute atomic E-state index is 0. The second kappa shape index (κ2) is 10.7. The highest BCUT2D eigenvalue weighted by molar-refractivity contribution is 14.0. The Hall–Kier alpha value is -1.31. The minimum Gasteiger partial charge on any atom is -0.357 e. The van der Waals surface area contributed by atoms with Crippen molar-refractivity contribution in [2.24, 2.45) is 4.99 Å². The van der Waals surface area contributed by atoms with Gasteiger partial charge in [0.15, 0.2) is 5.96 Å². The maximum Gasteiger partial charge on any atom is 0.222 e. The van der Waals surface area contributed by atoms with Gasteiger partial charge in [-0.1, -0.05) is 18.2 Å². The van der Waals surface area contributed by atoms with Crippen molar-refractivity contribution in [3.05, 3.63) is 34.9 Å². The van der Waals surface area contributed by atoms with E-state index in [-0.39, 0.29) is 24.0 Å². The van der Waals surface area contributed by atoms with Gasteiger partial charge < -0.3 is 15.5 Å². The maximum absolute atomic E-state index is 11.6. The molecule has 1 saturated heterocycles. The number of carbonyl (C=O) groups excluding carboxylic acids is 1. The maximum atomic E-state index is 11.6. The van der Waals surface area contributed by atoms with Crippen LogP contribution in [-0.4, -0.2) is 42.9 Å². The van der Waals surface area contributed by atoms with Crippen molar-refractivity contribution in [1.82, 2.24) is 15.5 Å². The van der Waals surface area contributed by atoms with Crippen LogP contribution in [0.1, 0.15) is 49.3 Å². The van der Waals surface area contributed by atoms with E-state index in [2.05, 4.69) is 35.8 Å². The number of hydrogen-bond donors (Lipinski definition) is 2. The summed E-state index contributed by atoms with van der Waals surface area (Å²) < 4.78 is 0. The predicted molar refractivity (Wildman–Crippen MR) is 117 cm³/mol. The topological polar surface area (TPSA) is 56.7 Å². The standard InChI is InChI=1S/C20H30N4O.HI/c1-2-21-20(22-11-5-13-24-12-4-8-19(24)25)23-15-16-9-10-17-6-3-7-18(17)14-16;/h9-10,14H,2-8,11-13,15H2,1H3,(H2,21,22,23);1H. The minimum atomic E-state index is 0. The van der Waals surface area contributed by atoms with Crippen molar-refractivity contribution in [2.45, 2.75) is 52.0 Å². The van der Waals surface area contributed by atoms with E-state index in [4.69, 9.17) is 4.99 Å². The summed E-state index contributed by atoms with van der Waals surface area (Å²) in [5.74, 6) is 1.16. The zero-order chi connectivity index (χ0) is 17.5. The lowest BCUT2D eigenvalue weighted by Crippen LogP contribution is -2.39. The molecule has 2 N–H and O–H groups in total. The molecule has 1 aliphatic heterocycles. The van der Waals surface area contributed by atoms with Crippen LogP contribution < -0.4 is 10.6 Å². The highest BCUT2D eigenvalue weighted by Crippen LogP contribution is 2.23. The van der Waals surface area contributed by atoms with E-state index in [1.165, 1.54) is 36.0 Å². The molecule has 3 rings (SSSR count). The van der Waals surface area contributed by atoms with Gasteiger partial charge in [0.2, 0.25) is 5.91 Å². The molecular formula is C20H31IN4O. The number of aryl methyl sites for hydroxylation is 2. The smallest absolute Gasteiger partial charge is 0.222 e. The van der Waals surface area contributed by atoms with Gasteiger partial charge in [-0.3, -0.25) is 4.79 Å². The summed E-state index contributed by atoms with van der Waals surface area (Å²) in [6.07, 6.45) is 6.40. The molecule has 1 heterocycles. The van der Waals surface area contributed by atoms with Crippen LogP contribution in [0.25, 0.3) is 0 Å². The largest absolute Gasteiger partial charge is 0.357 e. The van der Waals surface area contributed by atoms with Gasteiger partial charge in [-0.05, 0) is 55.7 Å². The third kappa shape index (κ3) is 5.86. The van der Waals surface area contributed by atoms with Gasteiger partial charge in [0.25, 0.3) is 0 Å². The molecule has 6 heteroatoms. The monoisotopic (exact) mass is 470 g/mol. The first-order valence-electron chi connectivity index (χ1n) is 9.67. The van der Waals surface area contributed by atoms with E-state index in [1.807, 2.05) is 4.90 Å². The van der Waals surface area contributed by atoms with Gasteiger partial charge in [0, 0.05) is 32.6 Å². The summed E-state index contributed by atoms with van der Waals surface area (Å²) in [7, 11) is 0. The summed E-state index contributed by atoms with van der Waals surface area (Å²) >= 11 is 0. The molecule has 0 atom stereocenters. The molecule has 1 aliphatic carbocycles. The van der Waals surface area contributed by atoms with Crippen LogP contribution in [0, 0.1) is 0 Å². The van der Waals surface area contributed by atoms with Crippen LogP contribution >= 0.6 is 24.0 Å². The van der Waals surface area contributed by atoms with E-state index >= 15 is 0 Å². The van der Waals surface area contributed by atoms with Crippen molar-refractivity contribution in [3.63, 3.8) is 0 Å². The fourth-order valence-electron chi connectivity index (χ4n) is 3.65. The molecule has 1 aromatic rings. The number of benzene rings is 1. The SMILES string of the molecule is CCNC(=NCc1ccc2c(c1)CCC2)NCCCN1CCCC1=O.I. The van der Waals surface area contributed by atoms with Crippen molar-refractivity contribution in [2.75, 3.05) is 26.2 Å². The number of nitrogens with one attached hydrogen (secondary N) is 2. The first-order chi connectivity index (χ1) is 12.3. The van der Waals surface area contributed by atoms with Crippen molar-refractivity contribution < 1.29 is 4.79 Å². The molecule has 1 fully saturated rings. The summed E-state index contributed by atoms with van der Waals surface area (Å²) in [5.41, 5.74) is 4.29. The Morgan fingerprint density at radius 3 is 2.77 bits per heavy atom. The Labute approximate surface area is 174 Å². The van der Waals surface area contributed by atoms with E-state index in [0.29, 0.717) is 12.5 Å². The third-order valence-electron chi connectivity index (χ3n) is 5.00. The number of guanidine groups is 1. The average molecular weight is 470 g/mol. The predicted octanol–water partition coefficient (Wildman–Crippen LogP) is 2.86. The van der Waals surface area contributed by atoms with Gasteiger partial charge in [0.1, 0.15) is 0 Å². The van der Waals surface area contributed by atoms with E-state index in [9.17, 15) is 4.79 Å². The number of hydrogen-bond acceptors (Lipinski definition) is 2. The van der Waals surface area contributed by atoms with Gasteiger partial charge in [-0.15, -0.1) is 24.0 Å². The van der Waals surface area contributed by atoms with Crippen molar-refractivity contribution in [3.8, 4) is 0 Å². The molecule has 0 unspecified atom stereocenters. The number of rotatable bonds is 7. The van der Waals surface area contributed by atoms with Gasteiger partial charge in [0.05, 0.1) is 6.54 Å². The number of aliphatic imine (C=N–C) groups is 1. The number of carbonyl (C=O) groups is 1. The molecule has 5 nitrogen and oxygen atoms in total. The van der Waals surface area contributed by atoms with Crippen LogP contribution in [0.15, 0.2) is 23.2 Å². The molecule has 0 radical (unpaired) electrons. The molecule has 144 valence electrons. The van der Waals surface area contributed by atoms with E-state index < -0.39 is 0 Å². The normalized spacial score (nSPS) is 16.4. The number of likely N-dealkylation sites (tertiary alicyclic amines) is 1. The summed E-state index contributed by atoms with van der Waals surface area (Å²) in [6.45, 7) is 6.23. The second-order valence-corrected chi connectivity index (χ2v) is 6.92. The lowest BCUT2D eigenvalue weighted by Gasteiger charge is -2.16. The number of nitrogens with zero attached hydrogens (tertiary/aromatic N) is 2. The lowest BCUT2D eigenvalue weighted by molar-refractivity contribution is -0.127. The summed E-state index contributed by atoms with van der Waals surface area (Å²) in [6, 6.07) is 6.78. The molecule has 1 amide bonds. The Kier molecular flexibility index (Phi) is 8.68. The quantitative estimate of drug-likeness (QED) is 0.279. The number of fused-ring (bicyclic) bond motifs is 1. The Bertz CT molecular complexity index is 632. The average Bonchev–Trinajstić information content (AvgIpc) is 3.24. The second-order valence-electron chi connectivity index (χ2n) is 6.92. The van der Waals surface area contributed by atoms with Crippen molar-refractivity contribution in [1.29, 1.82) is 0 Å². The molecule has 0 spiro atoms. The highest BCUT2D eigenvalue weighted by atomic mass is 127.